The first-order valence-corrected chi connectivity index (χ1v) is 14.6. The van der Waals surface area contributed by atoms with Crippen molar-refractivity contribution in [2.24, 2.45) is 5.73 Å². The molecule has 43 heavy (non-hydrogen) atoms. The minimum atomic E-state index is -0.649. The Hall–Kier alpha value is -4.42. The Bertz CT molecular complexity index is 2000. The van der Waals surface area contributed by atoms with Gasteiger partial charge in [0.15, 0.2) is 0 Å². The summed E-state index contributed by atoms with van der Waals surface area (Å²) in [6, 6.07) is 25.2. The number of rotatable bonds is 6. The number of furan rings is 1. The molecule has 0 radical (unpaired) electrons. The maximum absolute atomic E-state index is 13.1. The lowest BCUT2D eigenvalue weighted by molar-refractivity contribution is 0.0702. The molecule has 1 aliphatic heterocycles. The van der Waals surface area contributed by atoms with Crippen molar-refractivity contribution in [3.05, 3.63) is 133 Å². The number of allylic oxidation sites excluding steroid dienone is 1. The standard InChI is InChI=1S/C33H21BrCl2N2O5/c1-17-25-12-20(34)6-10-28(25)42-31(17)33(39)41-23-8-9-24-29(14-23)43-32(38)26(15-37)30(24)18-3-2-4-22(11-18)40-16-19-5-7-21(35)13-27(19)36/h2-14,30H,16,38H2,1H3. The van der Waals surface area contributed by atoms with Gasteiger partial charge in [0, 0.05) is 42.7 Å². The molecular weight excluding hydrogens is 655 g/mol. The number of carbonyl (C=O) groups is 1. The molecule has 5 aromatic rings. The molecule has 2 N–H and O–H groups in total. The normalized spacial score (nSPS) is 14.2. The van der Waals surface area contributed by atoms with Crippen molar-refractivity contribution in [2.45, 2.75) is 19.4 Å². The van der Waals surface area contributed by atoms with Crippen LogP contribution < -0.4 is 19.9 Å². The number of nitrogens with zero attached hydrogens (tertiary/aromatic N) is 1. The fourth-order valence-electron chi connectivity index (χ4n) is 4.97. The summed E-state index contributed by atoms with van der Waals surface area (Å²) in [4.78, 5) is 13.1. The molecule has 0 aliphatic carbocycles. The van der Waals surface area contributed by atoms with Crippen LogP contribution in [0.2, 0.25) is 10.0 Å². The molecule has 0 amide bonds. The Kier molecular flexibility index (Phi) is 7.80. The van der Waals surface area contributed by atoms with E-state index in [2.05, 4.69) is 22.0 Å². The number of nitrogens with two attached hydrogens (primary N) is 1. The molecule has 6 rings (SSSR count). The van der Waals surface area contributed by atoms with E-state index >= 15 is 0 Å². The molecule has 214 valence electrons. The summed E-state index contributed by atoms with van der Waals surface area (Å²) in [6.45, 7) is 2.02. The Morgan fingerprint density at radius 3 is 2.67 bits per heavy atom. The summed E-state index contributed by atoms with van der Waals surface area (Å²) >= 11 is 15.7. The molecular formula is C33H21BrCl2N2O5. The average Bonchev–Trinajstić information content (AvgIpc) is 3.31. The third-order valence-corrected chi connectivity index (χ3v) is 8.17. The van der Waals surface area contributed by atoms with E-state index in [0.29, 0.717) is 38.3 Å². The van der Waals surface area contributed by atoms with Crippen molar-refractivity contribution < 1.29 is 23.4 Å². The molecule has 10 heteroatoms. The van der Waals surface area contributed by atoms with Gasteiger partial charge in [-0.05, 0) is 61.0 Å². The van der Waals surface area contributed by atoms with E-state index in [4.69, 9.17) is 47.6 Å². The predicted molar refractivity (Wildman–Crippen MR) is 167 cm³/mol. The third-order valence-electron chi connectivity index (χ3n) is 7.09. The van der Waals surface area contributed by atoms with E-state index in [1.807, 2.05) is 36.4 Å². The van der Waals surface area contributed by atoms with E-state index < -0.39 is 11.9 Å². The number of benzene rings is 4. The quantitative estimate of drug-likeness (QED) is 0.142. The number of halogens is 3. The monoisotopic (exact) mass is 674 g/mol. The van der Waals surface area contributed by atoms with Gasteiger partial charge in [0.25, 0.3) is 0 Å². The van der Waals surface area contributed by atoms with Crippen molar-refractivity contribution >= 4 is 56.1 Å². The van der Waals surface area contributed by atoms with Crippen LogP contribution in [0.5, 0.6) is 17.2 Å². The number of fused-ring (bicyclic) bond motifs is 2. The first-order valence-electron chi connectivity index (χ1n) is 13.0. The van der Waals surface area contributed by atoms with Gasteiger partial charge >= 0.3 is 5.97 Å². The number of ether oxygens (including phenoxy) is 3. The summed E-state index contributed by atoms with van der Waals surface area (Å²) in [7, 11) is 0. The number of hydrogen-bond donors (Lipinski definition) is 1. The number of carbonyl (C=O) groups excluding carboxylic acids is 1. The van der Waals surface area contributed by atoms with Gasteiger partial charge in [-0.1, -0.05) is 63.4 Å². The topological polar surface area (TPSA) is 108 Å². The van der Waals surface area contributed by atoms with Crippen LogP contribution in [0, 0.1) is 18.3 Å². The summed E-state index contributed by atoms with van der Waals surface area (Å²) in [5, 5.41) is 11.8. The first kappa shape index (κ1) is 28.7. The Morgan fingerprint density at radius 1 is 1.05 bits per heavy atom. The minimum absolute atomic E-state index is 0.0403. The second kappa shape index (κ2) is 11.7. The van der Waals surface area contributed by atoms with Gasteiger partial charge in [0.2, 0.25) is 11.6 Å². The second-order valence-corrected chi connectivity index (χ2v) is 11.6. The van der Waals surface area contributed by atoms with Crippen LogP contribution in [-0.4, -0.2) is 5.97 Å². The zero-order valence-corrected chi connectivity index (χ0v) is 25.6. The fraction of sp³-hybridized carbons (Fsp3) is 0.0909. The van der Waals surface area contributed by atoms with E-state index in [0.717, 1.165) is 21.0 Å². The van der Waals surface area contributed by atoms with Gasteiger partial charge in [0.05, 0.1) is 5.92 Å². The molecule has 0 saturated heterocycles. The molecule has 1 aliphatic rings. The molecule has 0 bridgehead atoms. The van der Waals surface area contributed by atoms with Gasteiger partial charge in [-0.15, -0.1) is 0 Å². The van der Waals surface area contributed by atoms with Crippen LogP contribution in [0.15, 0.2) is 99.2 Å². The minimum Gasteiger partial charge on any atom is -0.489 e. The first-order chi connectivity index (χ1) is 20.7. The smallest absolute Gasteiger partial charge is 0.379 e. The highest BCUT2D eigenvalue weighted by atomic mass is 79.9. The highest BCUT2D eigenvalue weighted by Crippen LogP contribution is 2.44. The Morgan fingerprint density at radius 2 is 1.88 bits per heavy atom. The SMILES string of the molecule is Cc1c(C(=O)Oc2ccc3c(c2)OC(N)=C(C#N)C3c2cccc(OCc3ccc(Cl)cc3Cl)c2)oc2ccc(Br)cc12. The van der Waals surface area contributed by atoms with Crippen LogP contribution in [-0.2, 0) is 6.61 Å². The number of aryl methyl sites for hydroxylation is 1. The van der Waals surface area contributed by atoms with E-state index in [1.54, 1.807) is 49.4 Å². The average molecular weight is 676 g/mol. The van der Waals surface area contributed by atoms with Crippen LogP contribution in [0.3, 0.4) is 0 Å². The lowest BCUT2D eigenvalue weighted by Gasteiger charge is -2.27. The van der Waals surface area contributed by atoms with Crippen LogP contribution in [0.1, 0.15) is 38.7 Å². The van der Waals surface area contributed by atoms with Crippen LogP contribution >= 0.6 is 39.1 Å². The molecule has 1 unspecified atom stereocenters. The molecule has 7 nitrogen and oxygen atoms in total. The van der Waals surface area contributed by atoms with Gasteiger partial charge < -0.3 is 24.4 Å². The lowest BCUT2D eigenvalue weighted by atomic mass is 9.83. The van der Waals surface area contributed by atoms with Gasteiger partial charge in [-0.2, -0.15) is 5.26 Å². The predicted octanol–water partition coefficient (Wildman–Crippen LogP) is 8.83. The molecule has 2 heterocycles. The zero-order valence-electron chi connectivity index (χ0n) is 22.5. The van der Waals surface area contributed by atoms with Crippen molar-refractivity contribution in [1.82, 2.24) is 0 Å². The van der Waals surface area contributed by atoms with E-state index in [9.17, 15) is 10.1 Å². The fourth-order valence-corrected chi connectivity index (χ4v) is 5.79. The van der Waals surface area contributed by atoms with Gasteiger partial charge in [-0.25, -0.2) is 4.79 Å². The summed E-state index contributed by atoms with van der Waals surface area (Å²) in [5.74, 6) is 0.0337. The van der Waals surface area contributed by atoms with Crippen molar-refractivity contribution in [3.8, 4) is 23.3 Å². The molecule has 4 aromatic carbocycles. The van der Waals surface area contributed by atoms with Gasteiger partial charge in [0.1, 0.15) is 41.1 Å². The molecule has 1 atom stereocenters. The third kappa shape index (κ3) is 5.67. The number of hydrogen-bond acceptors (Lipinski definition) is 7. The Balaban J connectivity index is 1.27. The van der Waals surface area contributed by atoms with E-state index in [1.165, 1.54) is 0 Å². The van der Waals surface area contributed by atoms with Crippen molar-refractivity contribution in [3.63, 3.8) is 0 Å². The largest absolute Gasteiger partial charge is 0.489 e. The van der Waals surface area contributed by atoms with Crippen LogP contribution in [0.25, 0.3) is 11.0 Å². The lowest BCUT2D eigenvalue weighted by Crippen LogP contribution is -2.21. The highest BCUT2D eigenvalue weighted by molar-refractivity contribution is 9.10. The van der Waals surface area contributed by atoms with Crippen molar-refractivity contribution in [1.29, 1.82) is 5.26 Å². The maximum Gasteiger partial charge on any atom is 0.379 e. The summed E-state index contributed by atoms with van der Waals surface area (Å²) in [6.07, 6.45) is 0. The van der Waals surface area contributed by atoms with Gasteiger partial charge in [-0.3, -0.25) is 0 Å². The summed E-state index contributed by atoms with van der Waals surface area (Å²) in [5.41, 5.74) is 9.91. The zero-order chi connectivity index (χ0) is 30.2. The molecule has 0 fully saturated rings. The molecule has 0 spiro atoms. The molecule has 1 aromatic heterocycles. The van der Waals surface area contributed by atoms with E-state index in [-0.39, 0.29) is 29.6 Å². The number of esters is 1. The summed E-state index contributed by atoms with van der Waals surface area (Å²) < 4.78 is 24.1. The highest BCUT2D eigenvalue weighted by Gasteiger charge is 2.31. The van der Waals surface area contributed by atoms with Crippen molar-refractivity contribution in [2.75, 3.05) is 0 Å². The second-order valence-electron chi connectivity index (χ2n) is 9.81. The van der Waals surface area contributed by atoms with Crippen LogP contribution in [0.4, 0.5) is 0 Å². The Labute approximate surface area is 265 Å². The molecule has 0 saturated carbocycles. The maximum atomic E-state index is 13.1. The number of nitriles is 1.